The van der Waals surface area contributed by atoms with E-state index in [-0.39, 0.29) is 0 Å². The van der Waals surface area contributed by atoms with E-state index in [1.54, 1.807) is 0 Å². The summed E-state index contributed by atoms with van der Waals surface area (Å²) in [6, 6.07) is 4.64. The predicted octanol–water partition coefficient (Wildman–Crippen LogP) is 0.973. The summed E-state index contributed by atoms with van der Waals surface area (Å²) in [5, 5.41) is 11.8. The summed E-state index contributed by atoms with van der Waals surface area (Å²) in [4.78, 5) is 2.35. The molecule has 1 atom stereocenters. The minimum absolute atomic E-state index is 0.552. The summed E-state index contributed by atoms with van der Waals surface area (Å²) in [7, 11) is 0. The lowest BCUT2D eigenvalue weighted by Crippen LogP contribution is -2.51. The highest BCUT2D eigenvalue weighted by Gasteiger charge is 2.21. The molecule has 1 aromatic heterocycles. The van der Waals surface area contributed by atoms with Crippen LogP contribution in [0, 0.1) is 6.92 Å². The Bertz CT molecular complexity index is 309. The summed E-state index contributed by atoms with van der Waals surface area (Å²) in [6.45, 7) is 7.28. The van der Waals surface area contributed by atoms with Gasteiger partial charge in [-0.3, -0.25) is 0 Å². The Labute approximate surface area is 90.7 Å². The Kier molecular flexibility index (Phi) is 3.16. The average Bonchev–Trinajstić information content (AvgIpc) is 2.30. The van der Waals surface area contributed by atoms with Gasteiger partial charge in [0.15, 0.2) is 5.82 Å². The summed E-state index contributed by atoms with van der Waals surface area (Å²) in [5.74, 6) is 1.01. The summed E-state index contributed by atoms with van der Waals surface area (Å²) >= 11 is 0. The van der Waals surface area contributed by atoms with Gasteiger partial charge in [0.1, 0.15) is 0 Å². The third-order valence-corrected chi connectivity index (χ3v) is 2.90. The molecule has 0 radical (unpaired) electrons. The zero-order chi connectivity index (χ0) is 10.7. The van der Waals surface area contributed by atoms with E-state index in [9.17, 15) is 0 Å². The maximum atomic E-state index is 4.25. The van der Waals surface area contributed by atoms with Crippen molar-refractivity contribution in [3.05, 3.63) is 17.8 Å². The standard InChI is InChI=1S/C11H18N4/c1-3-10-8-12-6-7-15(10)11-5-4-9(2)13-14-11/h4-5,10,12H,3,6-8H2,1-2H3. The molecule has 1 aromatic rings. The molecule has 0 spiro atoms. The first kappa shape index (κ1) is 10.4. The van der Waals surface area contributed by atoms with E-state index in [1.807, 2.05) is 13.0 Å². The van der Waals surface area contributed by atoms with Gasteiger partial charge in [-0.1, -0.05) is 6.92 Å². The van der Waals surface area contributed by atoms with Crippen LogP contribution >= 0.6 is 0 Å². The molecule has 0 amide bonds. The molecule has 1 aliphatic heterocycles. The lowest BCUT2D eigenvalue weighted by molar-refractivity contribution is 0.461. The zero-order valence-corrected chi connectivity index (χ0v) is 9.40. The van der Waals surface area contributed by atoms with E-state index in [1.165, 1.54) is 0 Å². The van der Waals surface area contributed by atoms with Crippen molar-refractivity contribution < 1.29 is 0 Å². The van der Waals surface area contributed by atoms with Crippen molar-refractivity contribution in [3.63, 3.8) is 0 Å². The quantitative estimate of drug-likeness (QED) is 0.783. The molecule has 0 bridgehead atoms. The van der Waals surface area contributed by atoms with Crippen LogP contribution in [-0.2, 0) is 0 Å². The number of nitrogens with zero attached hydrogens (tertiary/aromatic N) is 3. The average molecular weight is 206 g/mol. The van der Waals surface area contributed by atoms with Gasteiger partial charge < -0.3 is 10.2 Å². The van der Waals surface area contributed by atoms with E-state index in [0.717, 1.165) is 37.6 Å². The molecular weight excluding hydrogens is 188 g/mol. The van der Waals surface area contributed by atoms with Crippen molar-refractivity contribution in [3.8, 4) is 0 Å². The highest BCUT2D eigenvalue weighted by atomic mass is 15.3. The van der Waals surface area contributed by atoms with Gasteiger partial charge in [0.05, 0.1) is 5.69 Å². The van der Waals surface area contributed by atoms with Gasteiger partial charge in [-0.05, 0) is 25.5 Å². The third-order valence-electron chi connectivity index (χ3n) is 2.90. The zero-order valence-electron chi connectivity index (χ0n) is 9.40. The first-order valence-corrected chi connectivity index (χ1v) is 5.59. The smallest absolute Gasteiger partial charge is 0.151 e. The van der Waals surface area contributed by atoms with Crippen LogP contribution < -0.4 is 10.2 Å². The fraction of sp³-hybridized carbons (Fsp3) is 0.636. The molecule has 1 fully saturated rings. The number of anilines is 1. The van der Waals surface area contributed by atoms with Crippen LogP contribution in [-0.4, -0.2) is 35.9 Å². The van der Waals surface area contributed by atoms with E-state index in [4.69, 9.17) is 0 Å². The van der Waals surface area contributed by atoms with Crippen LogP contribution in [0.1, 0.15) is 19.0 Å². The third kappa shape index (κ3) is 2.26. The number of hydrogen-bond acceptors (Lipinski definition) is 4. The van der Waals surface area contributed by atoms with Crippen LogP contribution in [0.2, 0.25) is 0 Å². The number of aryl methyl sites for hydroxylation is 1. The molecule has 0 aromatic carbocycles. The normalized spacial score (nSPS) is 21.7. The van der Waals surface area contributed by atoms with Crippen molar-refractivity contribution in [2.45, 2.75) is 26.3 Å². The number of aromatic nitrogens is 2. The molecule has 1 N–H and O–H groups in total. The van der Waals surface area contributed by atoms with Crippen molar-refractivity contribution in [2.75, 3.05) is 24.5 Å². The topological polar surface area (TPSA) is 41.0 Å². The highest BCUT2D eigenvalue weighted by Crippen LogP contribution is 2.16. The number of piperazine rings is 1. The Morgan fingerprint density at radius 3 is 3.00 bits per heavy atom. The second kappa shape index (κ2) is 4.57. The fourth-order valence-electron chi connectivity index (χ4n) is 1.97. The molecule has 0 aliphatic carbocycles. The summed E-state index contributed by atoms with van der Waals surface area (Å²) in [5.41, 5.74) is 0.974. The van der Waals surface area contributed by atoms with E-state index < -0.39 is 0 Å². The molecular formula is C11H18N4. The van der Waals surface area contributed by atoms with E-state index in [2.05, 4.69) is 33.4 Å². The van der Waals surface area contributed by atoms with Gasteiger partial charge in [0.25, 0.3) is 0 Å². The lowest BCUT2D eigenvalue weighted by atomic mass is 10.1. The first-order valence-electron chi connectivity index (χ1n) is 5.59. The SMILES string of the molecule is CCC1CNCCN1c1ccc(C)nn1. The Hall–Kier alpha value is -1.16. The van der Waals surface area contributed by atoms with E-state index in [0.29, 0.717) is 6.04 Å². The molecule has 2 heterocycles. The molecule has 82 valence electrons. The van der Waals surface area contributed by atoms with Crippen molar-refractivity contribution in [1.29, 1.82) is 0 Å². The van der Waals surface area contributed by atoms with Gasteiger partial charge in [-0.2, -0.15) is 5.10 Å². The van der Waals surface area contributed by atoms with Gasteiger partial charge >= 0.3 is 0 Å². The summed E-state index contributed by atoms with van der Waals surface area (Å²) in [6.07, 6.45) is 1.14. The largest absolute Gasteiger partial charge is 0.350 e. The maximum absolute atomic E-state index is 4.25. The van der Waals surface area contributed by atoms with Crippen molar-refractivity contribution in [1.82, 2.24) is 15.5 Å². The van der Waals surface area contributed by atoms with Crippen LogP contribution in [0.5, 0.6) is 0 Å². The Balaban J connectivity index is 2.16. The Morgan fingerprint density at radius 2 is 2.33 bits per heavy atom. The predicted molar refractivity (Wildman–Crippen MR) is 61.1 cm³/mol. The van der Waals surface area contributed by atoms with Crippen molar-refractivity contribution in [2.24, 2.45) is 0 Å². The minimum atomic E-state index is 0.552. The van der Waals surface area contributed by atoms with Gasteiger partial charge in [-0.15, -0.1) is 5.10 Å². The Morgan fingerprint density at radius 1 is 1.47 bits per heavy atom. The molecule has 0 saturated carbocycles. The van der Waals surface area contributed by atoms with Crippen LogP contribution in [0.25, 0.3) is 0 Å². The second-order valence-electron chi connectivity index (χ2n) is 3.99. The van der Waals surface area contributed by atoms with Crippen LogP contribution in [0.3, 0.4) is 0 Å². The molecule has 4 nitrogen and oxygen atoms in total. The highest BCUT2D eigenvalue weighted by molar-refractivity contribution is 5.39. The van der Waals surface area contributed by atoms with Crippen molar-refractivity contribution >= 4 is 5.82 Å². The van der Waals surface area contributed by atoms with Gasteiger partial charge in [-0.25, -0.2) is 0 Å². The van der Waals surface area contributed by atoms with Gasteiger partial charge in [0, 0.05) is 25.7 Å². The second-order valence-corrected chi connectivity index (χ2v) is 3.99. The number of rotatable bonds is 2. The van der Waals surface area contributed by atoms with Crippen LogP contribution in [0.4, 0.5) is 5.82 Å². The first-order chi connectivity index (χ1) is 7.31. The lowest BCUT2D eigenvalue weighted by Gasteiger charge is -2.36. The number of hydrogen-bond donors (Lipinski definition) is 1. The summed E-state index contributed by atoms with van der Waals surface area (Å²) < 4.78 is 0. The molecule has 1 aliphatic rings. The van der Waals surface area contributed by atoms with Gasteiger partial charge in [0.2, 0.25) is 0 Å². The van der Waals surface area contributed by atoms with Crippen LogP contribution in [0.15, 0.2) is 12.1 Å². The van der Waals surface area contributed by atoms with E-state index >= 15 is 0 Å². The number of nitrogens with one attached hydrogen (secondary N) is 1. The maximum Gasteiger partial charge on any atom is 0.151 e. The molecule has 1 saturated heterocycles. The monoisotopic (exact) mass is 206 g/mol. The molecule has 15 heavy (non-hydrogen) atoms. The fourth-order valence-corrected chi connectivity index (χ4v) is 1.97. The minimum Gasteiger partial charge on any atom is -0.350 e. The molecule has 1 unspecified atom stereocenters. The molecule has 2 rings (SSSR count). The molecule has 4 heteroatoms.